The molecule has 0 spiro atoms. The number of aliphatic hydroxyl groups is 1. The van der Waals surface area contributed by atoms with Gasteiger partial charge in [0.1, 0.15) is 9.92 Å². The summed E-state index contributed by atoms with van der Waals surface area (Å²) >= 11 is 0. The first-order valence-corrected chi connectivity index (χ1v) is 12.4. The summed E-state index contributed by atoms with van der Waals surface area (Å²) in [6.45, 7) is 3.06. The predicted molar refractivity (Wildman–Crippen MR) is 124 cm³/mol. The fourth-order valence-corrected chi connectivity index (χ4v) is 5.72. The highest BCUT2D eigenvalue weighted by molar-refractivity contribution is 7.91. The zero-order valence-corrected chi connectivity index (χ0v) is 19.4. The molecule has 0 saturated carbocycles. The Morgan fingerprint density at radius 2 is 1.64 bits per heavy atom. The van der Waals surface area contributed by atoms with E-state index in [-0.39, 0.29) is 10.5 Å². The van der Waals surface area contributed by atoms with Crippen LogP contribution >= 0.6 is 0 Å². The van der Waals surface area contributed by atoms with Gasteiger partial charge in [0, 0.05) is 5.69 Å². The molecule has 1 unspecified atom stereocenters. The molecule has 2 aromatic rings. The van der Waals surface area contributed by atoms with Gasteiger partial charge in [-0.1, -0.05) is 0 Å². The van der Waals surface area contributed by atoms with Gasteiger partial charge in [-0.05, 0) is 98.4 Å². The van der Waals surface area contributed by atoms with E-state index in [2.05, 4.69) is 15.7 Å². The van der Waals surface area contributed by atoms with Gasteiger partial charge in [-0.25, -0.2) is 14.1 Å². The Morgan fingerprint density at radius 1 is 1.06 bits per heavy atom. The first kappa shape index (κ1) is 22.9. The number of fused-ring (bicyclic) bond motifs is 2. The Labute approximate surface area is 193 Å². The van der Waals surface area contributed by atoms with E-state index in [4.69, 9.17) is 5.14 Å². The number of hydrogen-bond acceptors (Lipinski definition) is 5. The van der Waals surface area contributed by atoms with Crippen LogP contribution in [0.5, 0.6) is 0 Å². The molecule has 9 heteroatoms. The number of carbonyl (C=O) groups is 1. The summed E-state index contributed by atoms with van der Waals surface area (Å²) in [7, 11) is -3.69. The molecule has 0 aliphatic heterocycles. The third-order valence-electron chi connectivity index (χ3n) is 6.28. The lowest BCUT2D eigenvalue weighted by atomic mass is 9.93. The molecule has 2 amide bonds. The summed E-state index contributed by atoms with van der Waals surface area (Å²) in [6, 6.07) is 7.64. The number of hydrogen-bond donors (Lipinski definition) is 3. The standard InChI is InChI=1S/C24H25N5O3S/c1-24(2,31)15-9-14(12-25)10-16(11-15)33(27,32)29-23(30)28-22-19-7-3-5-17(19)21(13-26)18-6-4-8-20(18)22/h9-11,31H,3-8H2,1-2H3,(H3,27,28,29,30,32). The largest absolute Gasteiger partial charge is 0.386 e. The molecule has 8 nitrogen and oxygen atoms in total. The van der Waals surface area contributed by atoms with Gasteiger partial charge in [-0.2, -0.15) is 10.5 Å². The highest BCUT2D eigenvalue weighted by Crippen LogP contribution is 2.41. The van der Waals surface area contributed by atoms with E-state index in [1.807, 2.05) is 6.07 Å². The lowest BCUT2D eigenvalue weighted by Crippen LogP contribution is -2.21. The van der Waals surface area contributed by atoms with Crippen molar-refractivity contribution in [3.63, 3.8) is 0 Å². The average Bonchev–Trinajstić information content (AvgIpc) is 3.42. The van der Waals surface area contributed by atoms with Crippen molar-refractivity contribution in [1.82, 2.24) is 0 Å². The molecule has 1 atom stereocenters. The fourth-order valence-electron chi connectivity index (χ4n) is 4.73. The second-order valence-electron chi connectivity index (χ2n) is 8.99. The Kier molecular flexibility index (Phi) is 5.75. The lowest BCUT2D eigenvalue weighted by molar-refractivity contribution is 0.0783. The molecular formula is C24H25N5O3S. The van der Waals surface area contributed by atoms with E-state index >= 15 is 0 Å². The van der Waals surface area contributed by atoms with Crippen molar-refractivity contribution in [2.45, 2.75) is 62.9 Å². The molecular weight excluding hydrogens is 438 g/mol. The zero-order chi connectivity index (χ0) is 24.0. The van der Waals surface area contributed by atoms with E-state index < -0.39 is 21.5 Å². The van der Waals surface area contributed by atoms with Crippen LogP contribution in [0.15, 0.2) is 27.5 Å². The molecule has 0 heterocycles. The van der Waals surface area contributed by atoms with Crippen LogP contribution in [-0.2, 0) is 41.2 Å². The summed E-state index contributed by atoms with van der Waals surface area (Å²) in [5, 5.41) is 38.1. The monoisotopic (exact) mass is 463 g/mol. The van der Waals surface area contributed by atoms with Crippen molar-refractivity contribution < 1.29 is 14.1 Å². The molecule has 2 aromatic carbocycles. The van der Waals surface area contributed by atoms with E-state index in [1.165, 1.54) is 32.0 Å². The van der Waals surface area contributed by atoms with Crippen molar-refractivity contribution in [1.29, 1.82) is 10.5 Å². The number of amides is 2. The van der Waals surface area contributed by atoms with Gasteiger partial charge >= 0.3 is 6.03 Å². The normalized spacial score (nSPS) is 16.2. The first-order chi connectivity index (χ1) is 15.5. The molecule has 0 fully saturated rings. The predicted octanol–water partition coefficient (Wildman–Crippen LogP) is 3.57. The number of rotatable bonds is 3. The number of urea groups is 1. The number of anilines is 1. The Hall–Kier alpha value is -3.24. The van der Waals surface area contributed by atoms with Crippen LogP contribution in [0, 0.1) is 22.7 Å². The van der Waals surface area contributed by atoms with Gasteiger partial charge in [0.2, 0.25) is 0 Å². The molecule has 33 heavy (non-hydrogen) atoms. The van der Waals surface area contributed by atoms with Crippen LogP contribution in [0.1, 0.15) is 65.6 Å². The minimum Gasteiger partial charge on any atom is -0.386 e. The van der Waals surface area contributed by atoms with Crippen LogP contribution in [-0.4, -0.2) is 15.3 Å². The van der Waals surface area contributed by atoms with Crippen molar-refractivity contribution in [3.8, 4) is 12.1 Å². The smallest absolute Gasteiger partial charge is 0.354 e. The van der Waals surface area contributed by atoms with Crippen molar-refractivity contribution in [3.05, 3.63) is 57.1 Å². The zero-order valence-electron chi connectivity index (χ0n) is 18.6. The van der Waals surface area contributed by atoms with Crippen molar-refractivity contribution >= 4 is 21.6 Å². The number of nitriles is 2. The maximum atomic E-state index is 13.2. The van der Waals surface area contributed by atoms with Crippen molar-refractivity contribution in [2.24, 2.45) is 9.50 Å². The number of carbonyl (C=O) groups excluding carboxylic acids is 1. The van der Waals surface area contributed by atoms with E-state index in [0.29, 0.717) is 11.3 Å². The van der Waals surface area contributed by atoms with Gasteiger partial charge in [-0.3, -0.25) is 0 Å². The number of nitrogens with two attached hydrogens (primary N) is 1. The van der Waals surface area contributed by atoms with Crippen LogP contribution in [0.2, 0.25) is 0 Å². The highest BCUT2D eigenvalue weighted by atomic mass is 32.2. The minimum atomic E-state index is -3.69. The summed E-state index contributed by atoms with van der Waals surface area (Å²) in [4.78, 5) is 12.9. The van der Waals surface area contributed by atoms with Crippen molar-refractivity contribution in [2.75, 3.05) is 5.32 Å². The second kappa shape index (κ2) is 8.27. The summed E-state index contributed by atoms with van der Waals surface area (Å²) < 4.78 is 17.0. The Bertz CT molecular complexity index is 1350. The maximum Gasteiger partial charge on any atom is 0.354 e. The molecule has 0 bridgehead atoms. The molecule has 2 aliphatic carbocycles. The Balaban J connectivity index is 1.75. The molecule has 4 rings (SSSR count). The SMILES string of the molecule is CC(C)(O)c1cc(C#N)cc(S(N)(=O)=NC(=O)Nc2c3c(c(C#N)c4c2CCC4)CCC3)c1. The van der Waals surface area contributed by atoms with Crippen LogP contribution < -0.4 is 10.5 Å². The minimum absolute atomic E-state index is 0.0101. The fraction of sp³-hybridized carbons (Fsp3) is 0.375. The van der Waals surface area contributed by atoms with E-state index in [1.54, 1.807) is 0 Å². The van der Waals surface area contributed by atoms with Crippen LogP contribution in [0.3, 0.4) is 0 Å². The molecule has 0 saturated heterocycles. The maximum absolute atomic E-state index is 13.2. The second-order valence-corrected chi connectivity index (χ2v) is 10.8. The number of nitrogens with zero attached hydrogens (tertiary/aromatic N) is 3. The molecule has 170 valence electrons. The van der Waals surface area contributed by atoms with Crippen LogP contribution in [0.4, 0.5) is 10.5 Å². The number of nitrogens with one attached hydrogen (secondary N) is 1. The van der Waals surface area contributed by atoms with Gasteiger partial charge < -0.3 is 10.4 Å². The highest BCUT2D eigenvalue weighted by Gasteiger charge is 2.29. The van der Waals surface area contributed by atoms with E-state index in [0.717, 1.165) is 66.3 Å². The molecule has 2 aliphatic rings. The molecule has 4 N–H and O–H groups in total. The van der Waals surface area contributed by atoms with Gasteiger partial charge in [0.15, 0.2) is 0 Å². The summed E-state index contributed by atoms with van der Waals surface area (Å²) in [6.07, 6.45) is 4.90. The first-order valence-electron chi connectivity index (χ1n) is 10.8. The lowest BCUT2D eigenvalue weighted by Gasteiger charge is -2.19. The third kappa shape index (κ3) is 4.23. The summed E-state index contributed by atoms with van der Waals surface area (Å²) in [5.41, 5.74) is 4.47. The number of benzene rings is 2. The summed E-state index contributed by atoms with van der Waals surface area (Å²) in [5.74, 6) is 0. The third-order valence-corrected chi connectivity index (χ3v) is 7.63. The average molecular weight is 464 g/mol. The Morgan fingerprint density at radius 3 is 2.15 bits per heavy atom. The van der Waals surface area contributed by atoms with Gasteiger partial charge in [0.25, 0.3) is 0 Å². The topological polar surface area (TPSA) is 152 Å². The van der Waals surface area contributed by atoms with E-state index in [9.17, 15) is 24.6 Å². The molecule has 0 aromatic heterocycles. The quantitative estimate of drug-likeness (QED) is 0.635. The van der Waals surface area contributed by atoms with Gasteiger partial charge in [-0.15, -0.1) is 4.36 Å². The van der Waals surface area contributed by atoms with Gasteiger partial charge in [0.05, 0.1) is 33.8 Å². The van der Waals surface area contributed by atoms with Crippen LogP contribution in [0.25, 0.3) is 0 Å². The molecule has 0 radical (unpaired) electrons.